The van der Waals surface area contributed by atoms with E-state index in [2.05, 4.69) is 19.8 Å². The lowest BCUT2D eigenvalue weighted by Gasteiger charge is -2.18. The number of carbonyl (C=O) groups is 1. The van der Waals surface area contributed by atoms with Crippen LogP contribution < -0.4 is 18.9 Å². The van der Waals surface area contributed by atoms with Gasteiger partial charge in [-0.25, -0.2) is 18.1 Å². The Bertz CT molecular complexity index is 1670. The number of anilines is 1. The summed E-state index contributed by atoms with van der Waals surface area (Å²) in [6, 6.07) is 14.6. The molecule has 1 unspecified atom stereocenters. The molecular formula is C29H32N6O6S. The second-order valence-electron chi connectivity index (χ2n) is 9.97. The molecule has 1 aliphatic rings. The van der Waals surface area contributed by atoms with Gasteiger partial charge in [-0.05, 0) is 49.2 Å². The molecule has 0 aliphatic carbocycles. The van der Waals surface area contributed by atoms with Crippen LogP contribution in [0.5, 0.6) is 17.4 Å². The van der Waals surface area contributed by atoms with E-state index in [4.69, 9.17) is 14.2 Å². The van der Waals surface area contributed by atoms with Crippen molar-refractivity contribution in [1.29, 1.82) is 0 Å². The van der Waals surface area contributed by atoms with Gasteiger partial charge in [-0.1, -0.05) is 18.2 Å². The number of likely N-dealkylation sites (tertiary alicyclic amines) is 1. The fourth-order valence-corrected chi connectivity index (χ4v) is 5.65. The molecule has 0 radical (unpaired) electrons. The van der Waals surface area contributed by atoms with Crippen molar-refractivity contribution in [2.24, 2.45) is 7.05 Å². The van der Waals surface area contributed by atoms with E-state index in [1.54, 1.807) is 49.4 Å². The second kappa shape index (κ2) is 12.1. The smallest absolute Gasteiger partial charge is 0.267 e. The molecule has 3 heterocycles. The van der Waals surface area contributed by atoms with Gasteiger partial charge >= 0.3 is 0 Å². The molecule has 2 aromatic heterocycles. The van der Waals surface area contributed by atoms with Crippen LogP contribution in [0.15, 0.2) is 65.8 Å². The van der Waals surface area contributed by atoms with E-state index in [1.165, 1.54) is 17.1 Å². The molecule has 0 spiro atoms. The Morgan fingerprint density at radius 3 is 2.45 bits per heavy atom. The van der Waals surface area contributed by atoms with Crippen LogP contribution in [-0.4, -0.2) is 71.9 Å². The predicted octanol–water partition coefficient (Wildman–Crippen LogP) is 3.36. The number of aryl methyl sites for hydroxylation is 3. The topological polar surface area (TPSA) is 138 Å². The summed E-state index contributed by atoms with van der Waals surface area (Å²) in [6.07, 6.45) is 2.86. The highest BCUT2D eigenvalue weighted by Crippen LogP contribution is 2.30. The maximum absolute atomic E-state index is 13.0. The Kier molecular flexibility index (Phi) is 8.29. The Balaban J connectivity index is 1.32. The molecule has 1 aliphatic heterocycles. The normalized spacial score (nSPS) is 15.0. The van der Waals surface area contributed by atoms with Crippen molar-refractivity contribution in [1.82, 2.24) is 24.6 Å². The van der Waals surface area contributed by atoms with Crippen LogP contribution in [0.2, 0.25) is 0 Å². The van der Waals surface area contributed by atoms with E-state index in [1.807, 2.05) is 32.0 Å². The van der Waals surface area contributed by atoms with Gasteiger partial charge in [0.05, 0.1) is 25.5 Å². The van der Waals surface area contributed by atoms with Crippen molar-refractivity contribution in [2.45, 2.75) is 31.3 Å². The summed E-state index contributed by atoms with van der Waals surface area (Å²) in [6.45, 7) is 4.64. The van der Waals surface area contributed by atoms with Gasteiger partial charge in [0, 0.05) is 37.8 Å². The lowest BCUT2D eigenvalue weighted by Crippen LogP contribution is -2.34. The number of methoxy groups -OCH3 is 1. The second-order valence-corrected chi connectivity index (χ2v) is 11.7. The van der Waals surface area contributed by atoms with Crippen LogP contribution >= 0.6 is 0 Å². The molecule has 0 bridgehead atoms. The Morgan fingerprint density at radius 2 is 1.79 bits per heavy atom. The average molecular weight is 593 g/mol. The minimum absolute atomic E-state index is 0.0182. The lowest BCUT2D eigenvalue weighted by molar-refractivity contribution is -0.132. The number of rotatable bonds is 10. The number of sulfonamides is 1. The van der Waals surface area contributed by atoms with Crippen molar-refractivity contribution in [3.8, 4) is 28.6 Å². The van der Waals surface area contributed by atoms with Crippen LogP contribution in [0.1, 0.15) is 17.5 Å². The van der Waals surface area contributed by atoms with Crippen molar-refractivity contribution in [2.75, 3.05) is 31.5 Å². The fraction of sp³-hybridized carbons (Fsp3) is 0.310. The van der Waals surface area contributed by atoms with E-state index < -0.39 is 10.0 Å². The van der Waals surface area contributed by atoms with Crippen LogP contribution in [0.25, 0.3) is 11.3 Å². The van der Waals surface area contributed by atoms with Gasteiger partial charge in [0.15, 0.2) is 6.61 Å². The number of benzene rings is 2. The average Bonchev–Trinajstić information content (AvgIpc) is 3.61. The third-order valence-electron chi connectivity index (χ3n) is 6.86. The van der Waals surface area contributed by atoms with Crippen LogP contribution in [-0.2, 0) is 21.9 Å². The molecule has 13 heteroatoms. The maximum Gasteiger partial charge on any atom is 0.267 e. The molecule has 5 rings (SSSR count). The number of aromatic nitrogens is 4. The quantitative estimate of drug-likeness (QED) is 0.294. The van der Waals surface area contributed by atoms with Crippen LogP contribution in [0, 0.1) is 13.8 Å². The summed E-state index contributed by atoms with van der Waals surface area (Å²) in [5.74, 6) is 1.16. The van der Waals surface area contributed by atoms with Gasteiger partial charge < -0.3 is 19.1 Å². The first-order valence-corrected chi connectivity index (χ1v) is 14.8. The highest BCUT2D eigenvalue weighted by Gasteiger charge is 2.29. The summed E-state index contributed by atoms with van der Waals surface area (Å²) in [4.78, 5) is 23.4. The first-order valence-electron chi connectivity index (χ1n) is 13.3. The van der Waals surface area contributed by atoms with Crippen molar-refractivity contribution < 1.29 is 27.4 Å². The SMILES string of the molecule is COc1ccc(OCC(=O)N2CCC(Oc3cc(-c4c(C)cccc4C)nc(NS(=O)(=O)c4cnn(C)c4)n3)C2)cc1. The molecular weight excluding hydrogens is 560 g/mol. The van der Waals surface area contributed by atoms with Crippen molar-refractivity contribution >= 4 is 21.9 Å². The molecule has 1 amide bonds. The van der Waals surface area contributed by atoms with Crippen LogP contribution in [0.3, 0.4) is 0 Å². The number of nitrogens with zero attached hydrogens (tertiary/aromatic N) is 5. The van der Waals surface area contributed by atoms with E-state index in [9.17, 15) is 13.2 Å². The minimum atomic E-state index is -4.00. The standard InChI is InChI=1S/C29H32N6O6S/c1-19-6-5-7-20(2)28(19)25-14-26(32-29(31-25)33-42(37,38)24-15-30-34(3)17-24)41-23-12-13-35(16-23)27(36)18-40-22-10-8-21(39-4)9-11-22/h5-11,14-15,17,23H,12-13,16,18H2,1-4H3,(H,31,32,33). The maximum atomic E-state index is 13.0. The number of hydrogen-bond acceptors (Lipinski definition) is 9. The molecule has 1 atom stereocenters. The first kappa shape index (κ1) is 28.9. The largest absolute Gasteiger partial charge is 0.497 e. The minimum Gasteiger partial charge on any atom is -0.497 e. The third-order valence-corrected chi connectivity index (χ3v) is 8.15. The van der Waals surface area contributed by atoms with Gasteiger partial charge in [0.25, 0.3) is 15.9 Å². The molecule has 1 N–H and O–H groups in total. The number of hydrogen-bond donors (Lipinski definition) is 1. The zero-order valence-corrected chi connectivity index (χ0v) is 24.6. The molecule has 0 saturated carbocycles. The zero-order valence-electron chi connectivity index (χ0n) is 23.8. The summed E-state index contributed by atoms with van der Waals surface area (Å²) >= 11 is 0. The Labute approximate surface area is 244 Å². The highest BCUT2D eigenvalue weighted by atomic mass is 32.2. The first-order chi connectivity index (χ1) is 20.1. The van der Waals surface area contributed by atoms with Gasteiger partial charge in [-0.15, -0.1) is 0 Å². The summed E-state index contributed by atoms with van der Waals surface area (Å²) in [5.41, 5.74) is 3.30. The number of carbonyl (C=O) groups excluding carboxylic acids is 1. The molecule has 4 aromatic rings. The van der Waals surface area contributed by atoms with E-state index >= 15 is 0 Å². The Morgan fingerprint density at radius 1 is 1.07 bits per heavy atom. The summed E-state index contributed by atoms with van der Waals surface area (Å²) in [5, 5.41) is 3.94. The molecule has 220 valence electrons. The fourth-order valence-electron chi connectivity index (χ4n) is 4.72. The van der Waals surface area contributed by atoms with Gasteiger partial charge in [-0.2, -0.15) is 10.1 Å². The van der Waals surface area contributed by atoms with Crippen molar-refractivity contribution in [3.05, 3.63) is 72.1 Å². The van der Waals surface area contributed by atoms with Gasteiger partial charge in [0.1, 0.15) is 22.5 Å². The van der Waals surface area contributed by atoms with Crippen molar-refractivity contribution in [3.63, 3.8) is 0 Å². The Hall–Kier alpha value is -4.65. The molecule has 1 saturated heterocycles. The molecule has 1 fully saturated rings. The number of ether oxygens (including phenoxy) is 3. The van der Waals surface area contributed by atoms with E-state index in [0.29, 0.717) is 36.7 Å². The third kappa shape index (κ3) is 6.62. The molecule has 12 nitrogen and oxygen atoms in total. The lowest BCUT2D eigenvalue weighted by atomic mass is 10.00. The molecule has 42 heavy (non-hydrogen) atoms. The van der Waals surface area contributed by atoms with Crippen LogP contribution in [0.4, 0.5) is 5.95 Å². The highest BCUT2D eigenvalue weighted by molar-refractivity contribution is 7.92. The van der Waals surface area contributed by atoms with Gasteiger partial charge in [0.2, 0.25) is 11.8 Å². The predicted molar refractivity (Wildman–Crippen MR) is 155 cm³/mol. The van der Waals surface area contributed by atoms with E-state index in [0.717, 1.165) is 16.7 Å². The monoisotopic (exact) mass is 592 g/mol. The number of amides is 1. The summed E-state index contributed by atoms with van der Waals surface area (Å²) < 4.78 is 46.9. The summed E-state index contributed by atoms with van der Waals surface area (Å²) in [7, 11) is -0.785. The van der Waals surface area contributed by atoms with Gasteiger partial charge in [-0.3, -0.25) is 9.48 Å². The zero-order chi connectivity index (χ0) is 29.9. The number of nitrogens with one attached hydrogen (secondary N) is 1. The van der Waals surface area contributed by atoms with E-state index in [-0.39, 0.29) is 35.3 Å². The molecule has 2 aromatic carbocycles.